The summed E-state index contributed by atoms with van der Waals surface area (Å²) < 4.78 is 35.3. The van der Waals surface area contributed by atoms with Crippen LogP contribution in [0.3, 0.4) is 0 Å². The van der Waals surface area contributed by atoms with Gasteiger partial charge in [-0.1, -0.05) is 15.9 Å². The highest BCUT2D eigenvalue weighted by atomic mass is 79.9. The molecule has 166 valence electrons. The number of carbonyl (C=O) groups is 3. The zero-order valence-corrected chi connectivity index (χ0v) is 18.1. The molecule has 13 heteroatoms. The van der Waals surface area contributed by atoms with Gasteiger partial charge >= 0.3 is 23.6 Å². The van der Waals surface area contributed by atoms with Crippen LogP contribution >= 0.6 is 15.9 Å². The van der Waals surface area contributed by atoms with Crippen molar-refractivity contribution in [3.8, 4) is 0 Å². The number of alkyl halides is 1. The first-order valence-corrected chi connectivity index (χ1v) is 9.59. The Labute approximate surface area is 177 Å². The van der Waals surface area contributed by atoms with Crippen molar-refractivity contribution in [2.45, 2.75) is 56.6 Å². The van der Waals surface area contributed by atoms with E-state index in [4.69, 9.17) is 18.9 Å². The molecule has 0 amide bonds. The van der Waals surface area contributed by atoms with Crippen molar-refractivity contribution >= 4 is 33.8 Å². The van der Waals surface area contributed by atoms with Crippen LogP contribution in [0.1, 0.15) is 33.9 Å². The van der Waals surface area contributed by atoms with Gasteiger partial charge in [0.15, 0.2) is 12.3 Å². The molecule has 1 aromatic heterocycles. The average molecular weight is 495 g/mol. The lowest BCUT2D eigenvalue weighted by Gasteiger charge is -2.23. The van der Waals surface area contributed by atoms with Crippen molar-refractivity contribution in [2.24, 2.45) is 0 Å². The average Bonchev–Trinajstić information content (AvgIpc) is 2.90. The molecule has 0 radical (unpaired) electrons. The van der Waals surface area contributed by atoms with Gasteiger partial charge in [-0.05, 0) is 13.8 Å². The van der Waals surface area contributed by atoms with Crippen LogP contribution in [-0.2, 0) is 33.3 Å². The molecule has 1 saturated heterocycles. The van der Waals surface area contributed by atoms with Crippen molar-refractivity contribution in [3.05, 3.63) is 32.9 Å². The molecule has 0 unspecified atom stereocenters. The second-order valence-corrected chi connectivity index (χ2v) is 7.99. The molecule has 1 N–H and O–H groups in total. The van der Waals surface area contributed by atoms with Crippen LogP contribution in [0.2, 0.25) is 0 Å². The lowest BCUT2D eigenvalue weighted by Crippen LogP contribution is -2.40. The number of hydrogen-bond donors (Lipinski definition) is 1. The van der Waals surface area contributed by atoms with E-state index in [1.54, 1.807) is 4.98 Å². The van der Waals surface area contributed by atoms with E-state index in [0.29, 0.717) is 6.20 Å². The Balaban J connectivity index is 2.24. The molecule has 1 aliphatic heterocycles. The normalized spacial score (nSPS) is 23.7. The number of ether oxygens (including phenoxy) is 4. The highest BCUT2D eigenvalue weighted by Crippen LogP contribution is 2.36. The zero-order chi connectivity index (χ0) is 22.8. The molecule has 1 aliphatic rings. The minimum atomic E-state index is -1.56. The van der Waals surface area contributed by atoms with E-state index in [-0.39, 0.29) is 6.61 Å². The first kappa shape index (κ1) is 23.7. The molecule has 1 fully saturated rings. The van der Waals surface area contributed by atoms with Crippen molar-refractivity contribution in [2.75, 3.05) is 6.61 Å². The summed E-state index contributed by atoms with van der Waals surface area (Å²) in [5.74, 6) is -3.49. The molecule has 2 rings (SSSR count). The predicted octanol–water partition coefficient (Wildman–Crippen LogP) is 0.153. The van der Waals surface area contributed by atoms with Crippen LogP contribution in [0.15, 0.2) is 15.8 Å². The summed E-state index contributed by atoms with van der Waals surface area (Å²) in [6.07, 6.45) is -2.74. The third-order valence-corrected chi connectivity index (χ3v) is 5.14. The molecular weight excluding hydrogens is 475 g/mol. The second-order valence-electron chi connectivity index (χ2n) is 6.93. The maximum absolute atomic E-state index is 13.7. The van der Waals surface area contributed by atoms with Crippen molar-refractivity contribution in [1.29, 1.82) is 0 Å². The number of halogens is 2. The van der Waals surface area contributed by atoms with Gasteiger partial charge in [0.2, 0.25) is 11.4 Å². The Kier molecular flexibility index (Phi) is 7.18. The van der Waals surface area contributed by atoms with E-state index in [1.165, 1.54) is 13.8 Å². The fourth-order valence-corrected chi connectivity index (χ4v) is 3.40. The van der Waals surface area contributed by atoms with Crippen LogP contribution < -0.4 is 11.2 Å². The molecule has 0 aromatic carbocycles. The summed E-state index contributed by atoms with van der Waals surface area (Å²) in [6, 6.07) is 0. The van der Waals surface area contributed by atoms with Gasteiger partial charge in [0, 0.05) is 13.8 Å². The minimum Gasteiger partial charge on any atom is -0.460 e. The van der Waals surface area contributed by atoms with Crippen LogP contribution in [0.25, 0.3) is 0 Å². The molecule has 0 saturated carbocycles. The van der Waals surface area contributed by atoms with E-state index in [1.807, 2.05) is 0 Å². The van der Waals surface area contributed by atoms with Crippen LogP contribution in [0, 0.1) is 5.82 Å². The topological polar surface area (TPSA) is 143 Å². The zero-order valence-electron chi connectivity index (χ0n) is 16.5. The Morgan fingerprint density at radius 3 is 2.47 bits per heavy atom. The third-order valence-electron chi connectivity index (χ3n) is 4.03. The van der Waals surface area contributed by atoms with Crippen LogP contribution in [0.5, 0.6) is 0 Å². The van der Waals surface area contributed by atoms with E-state index in [9.17, 15) is 28.4 Å². The SMILES string of the molecule is CC(=O)O[C@@H]1[C@H](Br)[C@@H](COC(=O)C(C)(C)OC(C)=O)O[C@H]1n1cc(F)c(=O)[nH]c1=O. The molecule has 30 heavy (non-hydrogen) atoms. The van der Waals surface area contributed by atoms with E-state index < -0.39 is 63.8 Å². The Hall–Kier alpha value is -2.54. The summed E-state index contributed by atoms with van der Waals surface area (Å²) in [7, 11) is 0. The van der Waals surface area contributed by atoms with E-state index in [0.717, 1.165) is 18.4 Å². The largest absolute Gasteiger partial charge is 0.460 e. The Morgan fingerprint density at radius 1 is 1.27 bits per heavy atom. The maximum Gasteiger partial charge on any atom is 0.350 e. The fourth-order valence-electron chi connectivity index (χ4n) is 2.75. The Bertz CT molecular complexity index is 957. The molecule has 0 aliphatic carbocycles. The van der Waals surface area contributed by atoms with Gasteiger partial charge in [-0.25, -0.2) is 9.59 Å². The lowest BCUT2D eigenvalue weighted by molar-refractivity contribution is -0.180. The van der Waals surface area contributed by atoms with Gasteiger partial charge in [-0.15, -0.1) is 0 Å². The number of aromatic amines is 1. The first-order valence-electron chi connectivity index (χ1n) is 8.68. The molecule has 1 aromatic rings. The number of carbonyl (C=O) groups excluding carboxylic acids is 3. The number of nitrogens with zero attached hydrogens (tertiary/aromatic N) is 1. The molecule has 2 heterocycles. The summed E-state index contributed by atoms with van der Waals surface area (Å²) >= 11 is 3.28. The predicted molar refractivity (Wildman–Crippen MR) is 100 cm³/mol. The third kappa shape index (κ3) is 5.33. The molecular formula is C17H20BrFN2O9. The summed E-state index contributed by atoms with van der Waals surface area (Å²) in [5.41, 5.74) is -3.76. The number of nitrogens with one attached hydrogen (secondary N) is 1. The number of esters is 3. The molecule has 4 atom stereocenters. The highest BCUT2D eigenvalue weighted by Gasteiger charge is 2.48. The van der Waals surface area contributed by atoms with Gasteiger partial charge in [0.05, 0.1) is 11.0 Å². The summed E-state index contributed by atoms with van der Waals surface area (Å²) in [4.78, 5) is 59.2. The fraction of sp³-hybridized carbons (Fsp3) is 0.588. The minimum absolute atomic E-state index is 0.367. The lowest BCUT2D eigenvalue weighted by atomic mass is 10.1. The van der Waals surface area contributed by atoms with Crippen molar-refractivity contribution in [3.63, 3.8) is 0 Å². The van der Waals surface area contributed by atoms with E-state index >= 15 is 0 Å². The smallest absolute Gasteiger partial charge is 0.350 e. The van der Waals surface area contributed by atoms with E-state index in [2.05, 4.69) is 15.9 Å². The van der Waals surface area contributed by atoms with Crippen LogP contribution in [0.4, 0.5) is 4.39 Å². The second kappa shape index (κ2) is 9.08. The molecule has 0 bridgehead atoms. The Morgan fingerprint density at radius 2 is 1.90 bits per heavy atom. The van der Waals surface area contributed by atoms with Gasteiger partial charge in [0.25, 0.3) is 5.56 Å². The van der Waals surface area contributed by atoms with Gasteiger partial charge in [-0.3, -0.25) is 23.9 Å². The quantitative estimate of drug-likeness (QED) is 0.332. The van der Waals surface area contributed by atoms with Crippen LogP contribution in [-0.4, -0.2) is 56.7 Å². The van der Waals surface area contributed by atoms with Crippen molar-refractivity contribution < 1.29 is 37.7 Å². The van der Waals surface area contributed by atoms with Gasteiger partial charge < -0.3 is 18.9 Å². The summed E-state index contributed by atoms with van der Waals surface area (Å²) in [5, 5.41) is 0. The number of rotatable bonds is 6. The molecule has 11 nitrogen and oxygen atoms in total. The van der Waals surface area contributed by atoms with Gasteiger partial charge in [-0.2, -0.15) is 4.39 Å². The first-order chi connectivity index (χ1) is 13.8. The molecule has 0 spiro atoms. The number of hydrogen-bond acceptors (Lipinski definition) is 9. The van der Waals surface area contributed by atoms with Crippen molar-refractivity contribution in [1.82, 2.24) is 9.55 Å². The summed E-state index contributed by atoms with van der Waals surface area (Å²) in [6.45, 7) is 4.57. The monoisotopic (exact) mass is 494 g/mol. The maximum atomic E-state index is 13.7. The highest BCUT2D eigenvalue weighted by molar-refractivity contribution is 9.09. The number of H-pyrrole nitrogens is 1. The van der Waals surface area contributed by atoms with Gasteiger partial charge in [0.1, 0.15) is 12.7 Å². The standard InChI is InChI=1S/C17H20BrFN2O9/c1-7(22)28-12-11(18)10(6-27-15(25)17(3,4)30-8(2)23)29-14(12)21-5-9(19)13(24)20-16(21)26/h5,10-12,14H,6H2,1-4H3,(H,20,24,26)/t10-,11-,12-,14-/m1/s1. The number of aromatic nitrogens is 2.